The standard InChI is InChI=1S/C24H27N3O3/c1-3-19-10-7-8-14-22(19)25-23(28)17-26(2)18-24(29)27(16-21-13-9-15-30-21)20-11-5-4-6-12-20/h4-15H,3,16-18H2,1-2H3,(H,25,28). The second-order valence-corrected chi connectivity index (χ2v) is 7.13. The van der Waals surface area contributed by atoms with Gasteiger partial charge in [0.2, 0.25) is 11.8 Å². The van der Waals surface area contributed by atoms with E-state index in [0.717, 1.165) is 23.4 Å². The Morgan fingerprint density at radius 3 is 2.37 bits per heavy atom. The number of hydrogen-bond donors (Lipinski definition) is 1. The minimum absolute atomic E-state index is 0.109. The van der Waals surface area contributed by atoms with E-state index in [9.17, 15) is 9.59 Å². The van der Waals surface area contributed by atoms with E-state index in [-0.39, 0.29) is 24.9 Å². The first-order chi connectivity index (χ1) is 14.6. The Balaban J connectivity index is 1.62. The Labute approximate surface area is 177 Å². The van der Waals surface area contributed by atoms with Crippen LogP contribution in [0.5, 0.6) is 0 Å². The van der Waals surface area contributed by atoms with Crippen LogP contribution >= 0.6 is 0 Å². The molecular formula is C24H27N3O3. The number of likely N-dealkylation sites (N-methyl/N-ethyl adjacent to an activating group) is 1. The van der Waals surface area contributed by atoms with Gasteiger partial charge in [0.25, 0.3) is 0 Å². The van der Waals surface area contributed by atoms with Crippen LogP contribution in [-0.4, -0.2) is 36.9 Å². The zero-order valence-electron chi connectivity index (χ0n) is 17.4. The third kappa shape index (κ3) is 5.81. The molecule has 0 fully saturated rings. The van der Waals surface area contributed by atoms with E-state index in [2.05, 4.69) is 5.32 Å². The summed E-state index contributed by atoms with van der Waals surface area (Å²) in [6, 6.07) is 20.8. The molecule has 6 nitrogen and oxygen atoms in total. The van der Waals surface area contributed by atoms with Gasteiger partial charge >= 0.3 is 0 Å². The lowest BCUT2D eigenvalue weighted by atomic mass is 10.1. The van der Waals surface area contributed by atoms with Gasteiger partial charge in [-0.15, -0.1) is 0 Å². The number of hydrogen-bond acceptors (Lipinski definition) is 4. The van der Waals surface area contributed by atoms with Gasteiger partial charge in [-0.05, 0) is 49.4 Å². The third-order valence-electron chi connectivity index (χ3n) is 4.75. The number of furan rings is 1. The number of nitrogens with one attached hydrogen (secondary N) is 1. The van der Waals surface area contributed by atoms with Crippen LogP contribution in [0.15, 0.2) is 77.4 Å². The molecule has 0 spiro atoms. The van der Waals surface area contributed by atoms with Crippen molar-refractivity contribution in [2.24, 2.45) is 0 Å². The fourth-order valence-corrected chi connectivity index (χ4v) is 3.25. The van der Waals surface area contributed by atoms with Crippen LogP contribution in [0.2, 0.25) is 0 Å². The van der Waals surface area contributed by atoms with Gasteiger partial charge < -0.3 is 14.6 Å². The first-order valence-electron chi connectivity index (χ1n) is 10.0. The van der Waals surface area contributed by atoms with Crippen molar-refractivity contribution in [2.45, 2.75) is 19.9 Å². The monoisotopic (exact) mass is 405 g/mol. The highest BCUT2D eigenvalue weighted by Crippen LogP contribution is 2.18. The first-order valence-corrected chi connectivity index (χ1v) is 10.0. The van der Waals surface area contributed by atoms with Gasteiger partial charge in [-0.2, -0.15) is 0 Å². The molecule has 0 unspecified atom stereocenters. The second kappa shape index (κ2) is 10.4. The van der Waals surface area contributed by atoms with Gasteiger partial charge in [-0.25, -0.2) is 0 Å². The highest BCUT2D eigenvalue weighted by atomic mass is 16.3. The maximum atomic E-state index is 13.0. The summed E-state index contributed by atoms with van der Waals surface area (Å²) in [5.74, 6) is 0.439. The van der Waals surface area contributed by atoms with Gasteiger partial charge in [0.1, 0.15) is 5.76 Å². The van der Waals surface area contributed by atoms with Crippen LogP contribution in [0.3, 0.4) is 0 Å². The largest absolute Gasteiger partial charge is 0.467 e. The van der Waals surface area contributed by atoms with Crippen molar-refractivity contribution >= 4 is 23.2 Å². The minimum Gasteiger partial charge on any atom is -0.467 e. The van der Waals surface area contributed by atoms with Crippen molar-refractivity contribution in [1.29, 1.82) is 0 Å². The molecule has 0 saturated carbocycles. The number of anilines is 2. The predicted octanol–water partition coefficient (Wildman–Crippen LogP) is 3.95. The van der Waals surface area contributed by atoms with Crippen molar-refractivity contribution in [3.05, 3.63) is 84.3 Å². The van der Waals surface area contributed by atoms with E-state index in [0.29, 0.717) is 12.3 Å². The second-order valence-electron chi connectivity index (χ2n) is 7.13. The fourth-order valence-electron chi connectivity index (χ4n) is 3.25. The van der Waals surface area contributed by atoms with Crippen LogP contribution in [0.1, 0.15) is 18.2 Å². The molecule has 0 aliphatic heterocycles. The molecule has 3 rings (SSSR count). The van der Waals surface area contributed by atoms with Gasteiger partial charge in [0.05, 0.1) is 25.9 Å². The molecule has 0 saturated heterocycles. The van der Waals surface area contributed by atoms with Crippen molar-refractivity contribution in [3.8, 4) is 0 Å². The van der Waals surface area contributed by atoms with E-state index in [1.54, 1.807) is 29.2 Å². The molecule has 0 aliphatic rings. The van der Waals surface area contributed by atoms with Crippen molar-refractivity contribution < 1.29 is 14.0 Å². The average Bonchev–Trinajstić information content (AvgIpc) is 3.26. The maximum Gasteiger partial charge on any atom is 0.241 e. The number of aryl methyl sites for hydroxylation is 1. The van der Waals surface area contributed by atoms with Gasteiger partial charge in [0.15, 0.2) is 0 Å². The third-order valence-corrected chi connectivity index (χ3v) is 4.75. The zero-order valence-corrected chi connectivity index (χ0v) is 17.4. The molecule has 0 radical (unpaired) electrons. The molecule has 1 heterocycles. The Hall–Kier alpha value is -3.38. The summed E-state index contributed by atoms with van der Waals surface area (Å²) in [6.07, 6.45) is 2.43. The molecule has 0 aliphatic carbocycles. The zero-order chi connectivity index (χ0) is 21.3. The van der Waals surface area contributed by atoms with Gasteiger partial charge in [0, 0.05) is 11.4 Å². The SMILES string of the molecule is CCc1ccccc1NC(=O)CN(C)CC(=O)N(Cc1ccco1)c1ccccc1. The normalized spacial score (nSPS) is 10.8. The lowest BCUT2D eigenvalue weighted by Crippen LogP contribution is -2.41. The van der Waals surface area contributed by atoms with Crippen LogP contribution in [0.4, 0.5) is 11.4 Å². The summed E-state index contributed by atoms with van der Waals surface area (Å²) in [4.78, 5) is 28.9. The lowest BCUT2D eigenvalue weighted by Gasteiger charge is -2.25. The molecule has 0 atom stereocenters. The topological polar surface area (TPSA) is 65.8 Å². The van der Waals surface area contributed by atoms with Crippen molar-refractivity contribution in [3.63, 3.8) is 0 Å². The summed E-state index contributed by atoms with van der Waals surface area (Å²) < 4.78 is 5.42. The molecule has 156 valence electrons. The summed E-state index contributed by atoms with van der Waals surface area (Å²) in [7, 11) is 1.76. The van der Waals surface area contributed by atoms with Crippen LogP contribution in [0.25, 0.3) is 0 Å². The number of carbonyl (C=O) groups is 2. The molecule has 30 heavy (non-hydrogen) atoms. The van der Waals surface area contributed by atoms with Crippen LogP contribution in [0, 0.1) is 0 Å². The summed E-state index contributed by atoms with van der Waals surface area (Å²) in [5.41, 5.74) is 2.68. The van der Waals surface area contributed by atoms with Crippen molar-refractivity contribution in [2.75, 3.05) is 30.4 Å². The summed E-state index contributed by atoms with van der Waals surface area (Å²) >= 11 is 0. The van der Waals surface area contributed by atoms with Gasteiger partial charge in [-0.1, -0.05) is 43.3 Å². The molecule has 2 aromatic carbocycles. The number of benzene rings is 2. The highest BCUT2D eigenvalue weighted by molar-refractivity contribution is 5.96. The number of nitrogens with zero attached hydrogens (tertiary/aromatic N) is 2. The van der Waals surface area contributed by atoms with Gasteiger partial charge in [-0.3, -0.25) is 14.5 Å². The number of rotatable bonds is 9. The molecule has 6 heteroatoms. The fraction of sp³-hybridized carbons (Fsp3) is 0.250. The smallest absolute Gasteiger partial charge is 0.241 e. The Morgan fingerprint density at radius 1 is 0.933 bits per heavy atom. The van der Waals surface area contributed by atoms with Crippen molar-refractivity contribution in [1.82, 2.24) is 4.90 Å². The highest BCUT2D eigenvalue weighted by Gasteiger charge is 2.20. The van der Waals surface area contributed by atoms with E-state index in [1.807, 2.05) is 67.6 Å². The Bertz CT molecular complexity index is 955. The minimum atomic E-state index is -0.150. The van der Waals surface area contributed by atoms with E-state index < -0.39 is 0 Å². The summed E-state index contributed by atoms with van der Waals surface area (Å²) in [6.45, 7) is 2.61. The van der Waals surface area contributed by atoms with Crippen LogP contribution < -0.4 is 10.2 Å². The molecule has 1 aromatic heterocycles. The maximum absolute atomic E-state index is 13.0. The number of amides is 2. The first kappa shape index (κ1) is 21.3. The molecule has 0 bridgehead atoms. The van der Waals surface area contributed by atoms with E-state index in [4.69, 9.17) is 4.42 Å². The Morgan fingerprint density at radius 2 is 1.67 bits per heavy atom. The number of carbonyl (C=O) groups excluding carboxylic acids is 2. The molecular weight excluding hydrogens is 378 g/mol. The van der Waals surface area contributed by atoms with E-state index >= 15 is 0 Å². The molecule has 2 amide bonds. The summed E-state index contributed by atoms with van der Waals surface area (Å²) in [5, 5.41) is 2.94. The Kier molecular flexibility index (Phi) is 7.40. The quantitative estimate of drug-likeness (QED) is 0.586. The molecule has 1 N–H and O–H groups in total. The van der Waals surface area contributed by atoms with Crippen LogP contribution in [-0.2, 0) is 22.6 Å². The average molecular weight is 405 g/mol. The van der Waals surface area contributed by atoms with E-state index in [1.165, 1.54) is 0 Å². The predicted molar refractivity (Wildman–Crippen MR) is 118 cm³/mol. The lowest BCUT2D eigenvalue weighted by molar-refractivity contribution is -0.121. The number of para-hydroxylation sites is 2. The molecule has 3 aromatic rings.